The second kappa shape index (κ2) is 6.93. The Morgan fingerprint density at radius 1 is 1.36 bits per heavy atom. The van der Waals surface area contributed by atoms with Crippen LogP contribution < -0.4 is 0 Å². The SMILES string of the molecule is Cc1ccc2nc(SCC(=O)N3CCC4(CC3)OCCc3cn[nH]c34)[nH]c2c1. The lowest BCUT2D eigenvalue weighted by Gasteiger charge is -2.43. The number of ether oxygens (including phenoxy) is 1. The third-order valence-electron chi connectivity index (χ3n) is 5.80. The van der Waals surface area contributed by atoms with Crippen molar-refractivity contribution in [1.29, 1.82) is 0 Å². The monoisotopic (exact) mass is 397 g/mol. The predicted molar refractivity (Wildman–Crippen MR) is 107 cm³/mol. The largest absolute Gasteiger partial charge is 0.368 e. The van der Waals surface area contributed by atoms with Gasteiger partial charge in [-0.1, -0.05) is 17.8 Å². The van der Waals surface area contributed by atoms with E-state index in [1.807, 2.05) is 23.2 Å². The van der Waals surface area contributed by atoms with Gasteiger partial charge in [-0.2, -0.15) is 5.10 Å². The van der Waals surface area contributed by atoms with Crippen LogP contribution in [-0.4, -0.2) is 56.4 Å². The number of H-pyrrole nitrogens is 2. The third-order valence-corrected chi connectivity index (χ3v) is 6.65. The fourth-order valence-corrected chi connectivity index (χ4v) is 5.01. The molecule has 28 heavy (non-hydrogen) atoms. The summed E-state index contributed by atoms with van der Waals surface area (Å²) in [7, 11) is 0. The van der Waals surface area contributed by atoms with Crippen molar-refractivity contribution < 1.29 is 9.53 Å². The second-order valence-electron chi connectivity index (χ2n) is 7.60. The molecule has 1 spiro atoms. The second-order valence-corrected chi connectivity index (χ2v) is 8.56. The fourth-order valence-electron chi connectivity index (χ4n) is 4.23. The molecule has 8 heteroatoms. The van der Waals surface area contributed by atoms with Crippen LogP contribution in [0.5, 0.6) is 0 Å². The van der Waals surface area contributed by atoms with Crippen LogP contribution in [0.4, 0.5) is 0 Å². The average molecular weight is 398 g/mol. The molecule has 3 aromatic rings. The van der Waals surface area contributed by atoms with Crippen LogP contribution in [0.2, 0.25) is 0 Å². The normalized spacial score (nSPS) is 18.5. The van der Waals surface area contributed by atoms with Crippen LogP contribution in [-0.2, 0) is 21.6 Å². The van der Waals surface area contributed by atoms with E-state index in [4.69, 9.17) is 4.74 Å². The number of fused-ring (bicyclic) bond motifs is 3. The number of carbonyl (C=O) groups is 1. The summed E-state index contributed by atoms with van der Waals surface area (Å²) in [5.41, 5.74) is 5.20. The number of imidazole rings is 1. The quantitative estimate of drug-likeness (QED) is 0.664. The first-order chi connectivity index (χ1) is 13.6. The molecule has 0 bridgehead atoms. The standard InChI is InChI=1S/C20H23N5O2S/c1-13-2-3-15-16(10-13)23-19(22-15)28-12-17(26)25-7-5-20(6-8-25)18-14(4-9-27-20)11-21-24-18/h2-3,10-11H,4-9,12H2,1H3,(H,21,24)(H,22,23). The first-order valence-electron chi connectivity index (χ1n) is 9.67. The zero-order chi connectivity index (χ0) is 19.1. The number of aryl methyl sites for hydroxylation is 1. The number of hydrogen-bond donors (Lipinski definition) is 2. The Hall–Kier alpha value is -2.32. The molecule has 1 aromatic carbocycles. The highest BCUT2D eigenvalue weighted by Crippen LogP contribution is 2.40. The number of carbonyl (C=O) groups excluding carboxylic acids is 1. The van der Waals surface area contributed by atoms with Crippen LogP contribution in [0.15, 0.2) is 29.6 Å². The molecular formula is C20H23N5O2S. The number of aromatic nitrogens is 4. The van der Waals surface area contributed by atoms with Crippen molar-refractivity contribution in [2.24, 2.45) is 0 Å². The molecule has 1 fully saturated rings. The van der Waals surface area contributed by atoms with Crippen molar-refractivity contribution in [3.8, 4) is 0 Å². The molecular weight excluding hydrogens is 374 g/mol. The number of nitrogens with zero attached hydrogens (tertiary/aromatic N) is 3. The Labute approximate surface area is 167 Å². The Bertz CT molecular complexity index is 1020. The molecule has 5 rings (SSSR count). The average Bonchev–Trinajstić information content (AvgIpc) is 3.34. The highest BCUT2D eigenvalue weighted by atomic mass is 32.2. The highest BCUT2D eigenvalue weighted by molar-refractivity contribution is 7.99. The maximum Gasteiger partial charge on any atom is 0.233 e. The summed E-state index contributed by atoms with van der Waals surface area (Å²) in [6.07, 6.45) is 4.43. The first-order valence-corrected chi connectivity index (χ1v) is 10.7. The topological polar surface area (TPSA) is 86.9 Å². The molecule has 7 nitrogen and oxygen atoms in total. The van der Waals surface area contributed by atoms with Crippen LogP contribution >= 0.6 is 11.8 Å². The third kappa shape index (κ3) is 3.10. The van der Waals surface area contributed by atoms with Gasteiger partial charge in [0.25, 0.3) is 0 Å². The van der Waals surface area contributed by atoms with Gasteiger partial charge in [0.2, 0.25) is 5.91 Å². The van der Waals surface area contributed by atoms with Gasteiger partial charge < -0.3 is 14.6 Å². The number of rotatable bonds is 3. The van der Waals surface area contributed by atoms with Crippen molar-refractivity contribution in [2.75, 3.05) is 25.4 Å². The maximum atomic E-state index is 12.7. The lowest BCUT2D eigenvalue weighted by molar-refractivity contribution is -0.138. The van der Waals surface area contributed by atoms with Gasteiger partial charge in [0, 0.05) is 13.1 Å². The number of amides is 1. The van der Waals surface area contributed by atoms with Gasteiger partial charge in [-0.05, 0) is 49.4 Å². The molecule has 0 unspecified atom stereocenters. The van der Waals surface area contributed by atoms with Gasteiger partial charge in [-0.25, -0.2) is 4.98 Å². The smallest absolute Gasteiger partial charge is 0.233 e. The number of thioether (sulfide) groups is 1. The van der Waals surface area contributed by atoms with Gasteiger partial charge >= 0.3 is 0 Å². The molecule has 0 saturated carbocycles. The molecule has 2 aliphatic heterocycles. The summed E-state index contributed by atoms with van der Waals surface area (Å²) in [6, 6.07) is 6.13. The van der Waals surface area contributed by atoms with Crippen molar-refractivity contribution in [3.05, 3.63) is 41.2 Å². The van der Waals surface area contributed by atoms with Gasteiger partial charge in [-0.3, -0.25) is 9.89 Å². The minimum Gasteiger partial charge on any atom is -0.368 e. The zero-order valence-electron chi connectivity index (χ0n) is 15.8. The number of aromatic amines is 2. The number of likely N-dealkylation sites (tertiary alicyclic amines) is 1. The number of hydrogen-bond acceptors (Lipinski definition) is 5. The van der Waals surface area contributed by atoms with E-state index in [0.29, 0.717) is 18.8 Å². The van der Waals surface area contributed by atoms with E-state index in [-0.39, 0.29) is 11.5 Å². The van der Waals surface area contributed by atoms with Crippen molar-refractivity contribution >= 4 is 28.7 Å². The van der Waals surface area contributed by atoms with Gasteiger partial charge in [0.15, 0.2) is 5.16 Å². The van der Waals surface area contributed by atoms with Crippen molar-refractivity contribution in [2.45, 2.75) is 36.9 Å². The van der Waals surface area contributed by atoms with E-state index in [1.165, 1.54) is 22.9 Å². The molecule has 2 aromatic heterocycles. The van der Waals surface area contributed by atoms with Crippen molar-refractivity contribution in [1.82, 2.24) is 25.1 Å². The lowest BCUT2D eigenvalue weighted by atomic mass is 9.84. The molecule has 146 valence electrons. The van der Waals surface area contributed by atoms with Gasteiger partial charge in [0.1, 0.15) is 5.60 Å². The molecule has 1 saturated heterocycles. The molecule has 4 heterocycles. The molecule has 2 aliphatic rings. The van der Waals surface area contributed by atoms with Crippen LogP contribution in [0.3, 0.4) is 0 Å². The summed E-state index contributed by atoms with van der Waals surface area (Å²) in [5.74, 6) is 0.541. The maximum absolute atomic E-state index is 12.7. The van der Waals surface area contributed by atoms with Crippen LogP contribution in [0, 0.1) is 6.92 Å². The Morgan fingerprint density at radius 3 is 3.07 bits per heavy atom. The Kier molecular flexibility index (Phi) is 4.40. The first kappa shape index (κ1) is 17.8. The van der Waals surface area contributed by atoms with Crippen LogP contribution in [0.1, 0.15) is 29.7 Å². The molecule has 1 amide bonds. The number of piperidine rings is 1. The Morgan fingerprint density at radius 2 is 2.21 bits per heavy atom. The summed E-state index contributed by atoms with van der Waals surface area (Å²) in [5, 5.41) is 8.12. The fraction of sp³-hybridized carbons (Fsp3) is 0.450. The number of nitrogens with one attached hydrogen (secondary N) is 2. The highest BCUT2D eigenvalue weighted by Gasteiger charge is 2.43. The van der Waals surface area contributed by atoms with E-state index >= 15 is 0 Å². The van der Waals surface area contributed by atoms with E-state index in [2.05, 4.69) is 33.2 Å². The predicted octanol–water partition coefficient (Wildman–Crippen LogP) is 2.78. The molecule has 0 aliphatic carbocycles. The summed E-state index contributed by atoms with van der Waals surface area (Å²) in [6.45, 7) is 4.19. The summed E-state index contributed by atoms with van der Waals surface area (Å²) in [4.78, 5) is 22.5. The van der Waals surface area contributed by atoms with Crippen LogP contribution in [0.25, 0.3) is 11.0 Å². The lowest BCUT2D eigenvalue weighted by Crippen LogP contribution is -2.48. The van der Waals surface area contributed by atoms with Gasteiger partial charge in [-0.15, -0.1) is 0 Å². The van der Waals surface area contributed by atoms with E-state index in [0.717, 1.165) is 47.8 Å². The molecule has 0 atom stereocenters. The molecule has 2 N–H and O–H groups in total. The van der Waals surface area contributed by atoms with E-state index < -0.39 is 0 Å². The van der Waals surface area contributed by atoms with E-state index in [9.17, 15) is 4.79 Å². The Balaban J connectivity index is 1.21. The minimum atomic E-state index is -0.301. The summed E-state index contributed by atoms with van der Waals surface area (Å²) < 4.78 is 6.16. The minimum absolute atomic E-state index is 0.150. The van der Waals surface area contributed by atoms with Crippen molar-refractivity contribution in [3.63, 3.8) is 0 Å². The molecule has 0 radical (unpaired) electrons. The van der Waals surface area contributed by atoms with Gasteiger partial charge in [0.05, 0.1) is 35.3 Å². The zero-order valence-corrected chi connectivity index (χ0v) is 16.6. The summed E-state index contributed by atoms with van der Waals surface area (Å²) >= 11 is 1.47. The van der Waals surface area contributed by atoms with E-state index in [1.54, 1.807) is 0 Å². The number of benzene rings is 1.